The van der Waals surface area contributed by atoms with Gasteiger partial charge in [0.25, 0.3) is 5.91 Å². The summed E-state index contributed by atoms with van der Waals surface area (Å²) in [6.45, 7) is 0.551. The lowest BCUT2D eigenvalue weighted by molar-refractivity contribution is -0.141. The second-order valence-electron chi connectivity index (χ2n) is 5.70. The number of hydrogen-bond donors (Lipinski definition) is 1. The van der Waals surface area contributed by atoms with Crippen molar-refractivity contribution < 1.29 is 14.7 Å². The first-order chi connectivity index (χ1) is 11.0. The topological polar surface area (TPSA) is 75.4 Å². The second-order valence-corrected chi connectivity index (χ2v) is 6.14. The van der Waals surface area contributed by atoms with Gasteiger partial charge in [-0.25, -0.2) is 4.98 Å². The Morgan fingerprint density at radius 2 is 1.96 bits per heavy atom. The first-order valence-electron chi connectivity index (χ1n) is 7.21. The van der Waals surface area contributed by atoms with Gasteiger partial charge < -0.3 is 14.6 Å². The van der Waals surface area contributed by atoms with E-state index in [1.54, 1.807) is 35.0 Å². The van der Waals surface area contributed by atoms with Gasteiger partial charge in [-0.05, 0) is 17.7 Å². The van der Waals surface area contributed by atoms with E-state index in [1.807, 2.05) is 12.1 Å². The molecule has 1 aliphatic heterocycles. The van der Waals surface area contributed by atoms with Crippen molar-refractivity contribution in [1.29, 1.82) is 0 Å². The van der Waals surface area contributed by atoms with E-state index in [-0.39, 0.29) is 18.4 Å². The van der Waals surface area contributed by atoms with Crippen LogP contribution in [0.3, 0.4) is 0 Å². The monoisotopic (exact) mass is 333 g/mol. The van der Waals surface area contributed by atoms with Crippen molar-refractivity contribution in [3.63, 3.8) is 0 Å². The van der Waals surface area contributed by atoms with E-state index < -0.39 is 11.9 Å². The average molecular weight is 334 g/mol. The van der Waals surface area contributed by atoms with Gasteiger partial charge in [-0.15, -0.1) is 0 Å². The van der Waals surface area contributed by atoms with Gasteiger partial charge in [0.05, 0.1) is 18.4 Å². The first-order valence-corrected chi connectivity index (χ1v) is 7.59. The minimum absolute atomic E-state index is 0.187. The Morgan fingerprint density at radius 1 is 1.26 bits per heavy atom. The molecule has 3 rings (SSSR count). The SMILES string of the molecule is Cn1cncc1C(=O)N1C[C@@H](C(=O)O)[C@H](c2ccc(Cl)cc2)C1. The van der Waals surface area contributed by atoms with Crippen molar-refractivity contribution in [2.75, 3.05) is 13.1 Å². The predicted molar refractivity (Wildman–Crippen MR) is 84.4 cm³/mol. The number of likely N-dealkylation sites (tertiary alicyclic amines) is 1. The summed E-state index contributed by atoms with van der Waals surface area (Å²) in [7, 11) is 1.74. The molecule has 0 bridgehead atoms. The number of nitrogens with zero attached hydrogens (tertiary/aromatic N) is 3. The summed E-state index contributed by atoms with van der Waals surface area (Å²) < 4.78 is 1.63. The Labute approximate surface area is 138 Å². The summed E-state index contributed by atoms with van der Waals surface area (Å²) in [5.74, 6) is -1.98. The van der Waals surface area contributed by atoms with Gasteiger partial charge in [-0.1, -0.05) is 23.7 Å². The molecule has 0 radical (unpaired) electrons. The van der Waals surface area contributed by atoms with Crippen LogP contribution in [0.2, 0.25) is 5.02 Å². The maximum absolute atomic E-state index is 12.6. The Bertz CT molecular complexity index is 741. The Hall–Kier alpha value is -2.34. The zero-order valence-electron chi connectivity index (χ0n) is 12.5. The van der Waals surface area contributed by atoms with Crippen molar-refractivity contribution >= 4 is 23.5 Å². The van der Waals surface area contributed by atoms with Crippen LogP contribution >= 0.6 is 11.6 Å². The highest BCUT2D eigenvalue weighted by molar-refractivity contribution is 6.30. The smallest absolute Gasteiger partial charge is 0.308 e. The van der Waals surface area contributed by atoms with E-state index in [0.717, 1.165) is 5.56 Å². The molecule has 120 valence electrons. The molecule has 0 unspecified atom stereocenters. The Balaban J connectivity index is 1.86. The van der Waals surface area contributed by atoms with E-state index in [0.29, 0.717) is 17.3 Å². The fourth-order valence-corrected chi connectivity index (χ4v) is 3.12. The van der Waals surface area contributed by atoms with Crippen LogP contribution in [-0.4, -0.2) is 44.5 Å². The maximum atomic E-state index is 12.6. The highest BCUT2D eigenvalue weighted by Gasteiger charge is 2.41. The number of halogens is 1. The normalized spacial score (nSPS) is 20.7. The molecule has 2 heterocycles. The lowest BCUT2D eigenvalue weighted by Gasteiger charge is -2.16. The minimum atomic E-state index is -0.898. The largest absolute Gasteiger partial charge is 0.481 e. The van der Waals surface area contributed by atoms with Crippen LogP contribution in [0.4, 0.5) is 0 Å². The van der Waals surface area contributed by atoms with Gasteiger partial charge >= 0.3 is 5.97 Å². The van der Waals surface area contributed by atoms with Crippen molar-refractivity contribution in [3.05, 3.63) is 53.1 Å². The van der Waals surface area contributed by atoms with Crippen LogP contribution in [0.15, 0.2) is 36.8 Å². The van der Waals surface area contributed by atoms with E-state index in [4.69, 9.17) is 11.6 Å². The zero-order chi connectivity index (χ0) is 16.6. The maximum Gasteiger partial charge on any atom is 0.308 e. The van der Waals surface area contributed by atoms with Crippen molar-refractivity contribution in [2.24, 2.45) is 13.0 Å². The Morgan fingerprint density at radius 3 is 2.52 bits per heavy atom. The number of aliphatic carboxylic acids is 1. The highest BCUT2D eigenvalue weighted by atomic mass is 35.5. The summed E-state index contributed by atoms with van der Waals surface area (Å²) in [5, 5.41) is 10.1. The molecule has 2 atom stereocenters. The molecule has 1 saturated heterocycles. The third kappa shape index (κ3) is 2.94. The standard InChI is InChI=1S/C16H16ClN3O3/c1-19-9-18-6-14(19)15(21)20-7-12(13(8-20)16(22)23)10-2-4-11(17)5-3-10/h2-6,9,12-13H,7-8H2,1H3,(H,22,23)/t12-,13+/m0/s1. The van der Waals surface area contributed by atoms with Gasteiger partial charge in [0, 0.05) is 31.1 Å². The fourth-order valence-electron chi connectivity index (χ4n) is 2.99. The Kier molecular flexibility index (Phi) is 4.09. The molecule has 23 heavy (non-hydrogen) atoms. The summed E-state index contributed by atoms with van der Waals surface area (Å²) in [6, 6.07) is 7.12. The molecule has 1 N–H and O–H groups in total. The minimum Gasteiger partial charge on any atom is -0.481 e. The first kappa shape index (κ1) is 15.6. The van der Waals surface area contributed by atoms with Gasteiger partial charge in [-0.3, -0.25) is 9.59 Å². The summed E-state index contributed by atoms with van der Waals surface area (Å²) in [5.41, 5.74) is 1.33. The third-order valence-corrected chi connectivity index (χ3v) is 4.51. The molecule has 1 aliphatic rings. The molecule has 7 heteroatoms. The van der Waals surface area contributed by atoms with Crippen LogP contribution in [-0.2, 0) is 11.8 Å². The van der Waals surface area contributed by atoms with Crippen LogP contribution < -0.4 is 0 Å². The number of benzene rings is 1. The number of hydrogen-bond acceptors (Lipinski definition) is 3. The molecular weight excluding hydrogens is 318 g/mol. The van der Waals surface area contributed by atoms with Gasteiger partial charge in [0.1, 0.15) is 5.69 Å². The highest BCUT2D eigenvalue weighted by Crippen LogP contribution is 2.34. The number of rotatable bonds is 3. The average Bonchev–Trinajstić information content (AvgIpc) is 3.14. The second kappa shape index (κ2) is 6.04. The molecular formula is C16H16ClN3O3. The van der Waals surface area contributed by atoms with E-state index in [2.05, 4.69) is 4.98 Å². The number of carbonyl (C=O) groups excluding carboxylic acids is 1. The molecule has 1 fully saturated rings. The number of imidazole rings is 1. The summed E-state index contributed by atoms with van der Waals surface area (Å²) in [6.07, 6.45) is 3.04. The molecule has 0 saturated carbocycles. The van der Waals surface area contributed by atoms with Gasteiger partial charge in [0.2, 0.25) is 0 Å². The van der Waals surface area contributed by atoms with Crippen molar-refractivity contribution in [3.8, 4) is 0 Å². The molecule has 1 amide bonds. The summed E-state index contributed by atoms with van der Waals surface area (Å²) in [4.78, 5) is 29.7. The molecule has 6 nitrogen and oxygen atoms in total. The van der Waals surface area contributed by atoms with E-state index >= 15 is 0 Å². The predicted octanol–water partition coefficient (Wildman–Crippen LogP) is 2.01. The summed E-state index contributed by atoms with van der Waals surface area (Å²) >= 11 is 5.89. The van der Waals surface area contributed by atoms with E-state index in [1.165, 1.54) is 6.20 Å². The zero-order valence-corrected chi connectivity index (χ0v) is 13.3. The van der Waals surface area contributed by atoms with Crippen LogP contribution in [0.5, 0.6) is 0 Å². The fraction of sp³-hybridized carbons (Fsp3) is 0.312. The molecule has 1 aromatic carbocycles. The number of amides is 1. The van der Waals surface area contributed by atoms with Gasteiger partial charge in [-0.2, -0.15) is 0 Å². The van der Waals surface area contributed by atoms with Gasteiger partial charge in [0.15, 0.2) is 0 Å². The van der Waals surface area contributed by atoms with Crippen LogP contribution in [0.1, 0.15) is 22.0 Å². The van der Waals surface area contributed by atoms with Crippen LogP contribution in [0, 0.1) is 5.92 Å². The number of aromatic nitrogens is 2. The number of carbonyl (C=O) groups is 2. The van der Waals surface area contributed by atoms with Crippen LogP contribution in [0.25, 0.3) is 0 Å². The quantitative estimate of drug-likeness (QED) is 0.932. The molecule has 0 spiro atoms. The van der Waals surface area contributed by atoms with Crippen molar-refractivity contribution in [2.45, 2.75) is 5.92 Å². The number of carboxylic acids is 1. The molecule has 0 aliphatic carbocycles. The van der Waals surface area contributed by atoms with E-state index in [9.17, 15) is 14.7 Å². The molecule has 1 aromatic heterocycles. The molecule has 2 aromatic rings. The number of carboxylic acid groups (broad SMARTS) is 1. The third-order valence-electron chi connectivity index (χ3n) is 4.26. The van der Waals surface area contributed by atoms with Crippen molar-refractivity contribution in [1.82, 2.24) is 14.5 Å². The lowest BCUT2D eigenvalue weighted by atomic mass is 9.89. The lowest BCUT2D eigenvalue weighted by Crippen LogP contribution is -2.31. The number of aryl methyl sites for hydroxylation is 1.